The van der Waals surface area contributed by atoms with Crippen molar-refractivity contribution in [1.82, 2.24) is 10.0 Å². The van der Waals surface area contributed by atoms with Crippen LogP contribution in [0.2, 0.25) is 0 Å². The quantitative estimate of drug-likeness (QED) is 0.829. The lowest BCUT2D eigenvalue weighted by atomic mass is 10.0. The fourth-order valence-electron chi connectivity index (χ4n) is 2.25. The van der Waals surface area contributed by atoms with E-state index in [1.54, 1.807) is 6.92 Å². The first kappa shape index (κ1) is 19.9. The maximum atomic E-state index is 12.8. The van der Waals surface area contributed by atoms with E-state index in [-0.39, 0.29) is 10.5 Å². The first-order valence-electron chi connectivity index (χ1n) is 7.56. The summed E-state index contributed by atoms with van der Waals surface area (Å²) in [6, 6.07) is 9.25. The highest BCUT2D eigenvalue weighted by atomic mass is 32.2. The Morgan fingerprint density at radius 1 is 1.08 bits per heavy atom. The zero-order chi connectivity index (χ0) is 19.5. The van der Waals surface area contributed by atoms with Crippen molar-refractivity contribution in [3.05, 3.63) is 65.2 Å². The lowest BCUT2D eigenvalue weighted by molar-refractivity contribution is -0.137. The summed E-state index contributed by atoms with van der Waals surface area (Å²) < 4.78 is 63.8. The highest BCUT2D eigenvalue weighted by Gasteiger charge is 2.30. The summed E-state index contributed by atoms with van der Waals surface area (Å²) in [7, 11) is -2.34. The van der Waals surface area contributed by atoms with Gasteiger partial charge < -0.3 is 5.32 Å². The Morgan fingerprint density at radius 2 is 1.69 bits per heavy atom. The molecule has 5 nitrogen and oxygen atoms in total. The van der Waals surface area contributed by atoms with E-state index in [4.69, 9.17) is 0 Å². The van der Waals surface area contributed by atoms with E-state index in [0.717, 1.165) is 12.1 Å². The minimum Gasteiger partial charge on any atom is -0.346 e. The molecule has 2 N–H and O–H groups in total. The SMILES string of the molecule is CNS(=O)(=O)c1ccc(C(=O)NC(C)c2cccc(C(F)(F)F)c2)cc1. The van der Waals surface area contributed by atoms with Crippen LogP contribution in [0.25, 0.3) is 0 Å². The average Bonchev–Trinajstić information content (AvgIpc) is 2.61. The molecule has 0 heterocycles. The van der Waals surface area contributed by atoms with Crippen molar-refractivity contribution in [3.8, 4) is 0 Å². The highest BCUT2D eigenvalue weighted by Crippen LogP contribution is 2.30. The first-order chi connectivity index (χ1) is 12.0. The number of sulfonamides is 1. The molecule has 0 spiro atoms. The molecule has 26 heavy (non-hydrogen) atoms. The predicted octanol–water partition coefficient (Wildman–Crippen LogP) is 3.10. The summed E-state index contributed by atoms with van der Waals surface area (Å²) in [5.74, 6) is -0.525. The van der Waals surface area contributed by atoms with Crippen LogP contribution in [0.15, 0.2) is 53.4 Å². The number of nitrogens with one attached hydrogen (secondary N) is 2. The normalized spacial score (nSPS) is 13.3. The maximum Gasteiger partial charge on any atom is 0.416 e. The Labute approximate surface area is 149 Å². The molecule has 0 radical (unpaired) electrons. The van der Waals surface area contributed by atoms with Crippen molar-refractivity contribution in [2.24, 2.45) is 0 Å². The number of benzene rings is 2. The number of rotatable bonds is 5. The van der Waals surface area contributed by atoms with E-state index < -0.39 is 33.7 Å². The van der Waals surface area contributed by atoms with Crippen LogP contribution in [0, 0.1) is 0 Å². The van der Waals surface area contributed by atoms with Crippen LogP contribution >= 0.6 is 0 Å². The maximum absolute atomic E-state index is 12.8. The zero-order valence-electron chi connectivity index (χ0n) is 14.0. The van der Waals surface area contributed by atoms with Crippen LogP contribution in [0.4, 0.5) is 13.2 Å². The zero-order valence-corrected chi connectivity index (χ0v) is 14.8. The predicted molar refractivity (Wildman–Crippen MR) is 90.0 cm³/mol. The van der Waals surface area contributed by atoms with Gasteiger partial charge in [0.05, 0.1) is 16.5 Å². The third-order valence-corrected chi connectivity index (χ3v) is 5.19. The van der Waals surface area contributed by atoms with Gasteiger partial charge in [0.25, 0.3) is 5.91 Å². The molecule has 0 aliphatic heterocycles. The molecular weight excluding hydrogens is 369 g/mol. The van der Waals surface area contributed by atoms with Crippen molar-refractivity contribution in [2.45, 2.75) is 24.0 Å². The molecule has 9 heteroatoms. The van der Waals surface area contributed by atoms with Crippen molar-refractivity contribution < 1.29 is 26.4 Å². The summed E-state index contributed by atoms with van der Waals surface area (Å²) in [5.41, 5.74) is -0.292. The number of hydrogen-bond donors (Lipinski definition) is 2. The minimum atomic E-state index is -4.46. The van der Waals surface area contributed by atoms with E-state index in [2.05, 4.69) is 10.0 Å². The molecule has 0 aromatic heterocycles. The molecule has 0 saturated carbocycles. The van der Waals surface area contributed by atoms with Crippen LogP contribution in [-0.4, -0.2) is 21.4 Å². The van der Waals surface area contributed by atoms with Gasteiger partial charge in [-0.25, -0.2) is 13.1 Å². The number of alkyl halides is 3. The van der Waals surface area contributed by atoms with Gasteiger partial charge in [-0.1, -0.05) is 12.1 Å². The van der Waals surface area contributed by atoms with E-state index >= 15 is 0 Å². The summed E-state index contributed by atoms with van der Waals surface area (Å²) in [6.45, 7) is 1.56. The Hall–Kier alpha value is -2.39. The van der Waals surface area contributed by atoms with Gasteiger partial charge in [0, 0.05) is 5.56 Å². The van der Waals surface area contributed by atoms with Gasteiger partial charge in [-0.05, 0) is 55.9 Å². The van der Waals surface area contributed by atoms with Gasteiger partial charge in [-0.3, -0.25) is 4.79 Å². The van der Waals surface area contributed by atoms with Crippen LogP contribution in [0.3, 0.4) is 0 Å². The van der Waals surface area contributed by atoms with E-state index in [1.807, 2.05) is 0 Å². The molecule has 2 aromatic rings. The van der Waals surface area contributed by atoms with Crippen LogP contribution < -0.4 is 10.0 Å². The lowest BCUT2D eigenvalue weighted by Crippen LogP contribution is -2.27. The first-order valence-corrected chi connectivity index (χ1v) is 9.04. The number of carbonyl (C=O) groups is 1. The Balaban J connectivity index is 2.15. The summed E-state index contributed by atoms with van der Waals surface area (Å²) in [6.07, 6.45) is -4.46. The Kier molecular flexibility index (Phi) is 5.72. The molecule has 0 fully saturated rings. The van der Waals surface area contributed by atoms with Gasteiger partial charge >= 0.3 is 6.18 Å². The second-order valence-corrected chi connectivity index (χ2v) is 7.44. The molecule has 2 aromatic carbocycles. The van der Waals surface area contributed by atoms with Gasteiger partial charge in [0.1, 0.15) is 0 Å². The van der Waals surface area contributed by atoms with E-state index in [1.165, 1.54) is 43.4 Å². The summed E-state index contributed by atoms with van der Waals surface area (Å²) in [5, 5.41) is 2.59. The highest BCUT2D eigenvalue weighted by molar-refractivity contribution is 7.89. The average molecular weight is 386 g/mol. The van der Waals surface area contributed by atoms with E-state index in [0.29, 0.717) is 5.56 Å². The smallest absolute Gasteiger partial charge is 0.346 e. The number of hydrogen-bond acceptors (Lipinski definition) is 3. The number of halogens is 3. The molecular formula is C17H17F3N2O3S. The van der Waals surface area contributed by atoms with Gasteiger partial charge in [0.2, 0.25) is 10.0 Å². The van der Waals surface area contributed by atoms with Gasteiger partial charge in [0.15, 0.2) is 0 Å². The molecule has 1 unspecified atom stereocenters. The minimum absolute atomic E-state index is 0.00229. The van der Waals surface area contributed by atoms with E-state index in [9.17, 15) is 26.4 Å². The van der Waals surface area contributed by atoms with Gasteiger partial charge in [-0.15, -0.1) is 0 Å². The number of amides is 1. The molecule has 0 bridgehead atoms. The molecule has 0 saturated heterocycles. The summed E-state index contributed by atoms with van der Waals surface area (Å²) in [4.78, 5) is 12.2. The monoisotopic (exact) mass is 386 g/mol. The third kappa shape index (κ3) is 4.61. The topological polar surface area (TPSA) is 75.3 Å². The molecule has 0 aliphatic carbocycles. The standard InChI is InChI=1S/C17H17F3N2O3S/c1-11(13-4-3-5-14(10-13)17(18,19)20)22-16(23)12-6-8-15(9-7-12)26(24,25)21-2/h3-11,21H,1-2H3,(H,22,23). The Bertz CT molecular complexity index is 894. The summed E-state index contributed by atoms with van der Waals surface area (Å²) >= 11 is 0. The fourth-order valence-corrected chi connectivity index (χ4v) is 2.98. The molecule has 1 atom stereocenters. The fraction of sp³-hybridized carbons (Fsp3) is 0.235. The molecule has 2 rings (SSSR count). The van der Waals surface area contributed by atoms with Crippen LogP contribution in [-0.2, 0) is 16.2 Å². The Morgan fingerprint density at radius 3 is 2.23 bits per heavy atom. The van der Waals surface area contributed by atoms with Crippen molar-refractivity contribution in [3.63, 3.8) is 0 Å². The van der Waals surface area contributed by atoms with Crippen molar-refractivity contribution in [1.29, 1.82) is 0 Å². The van der Waals surface area contributed by atoms with Crippen LogP contribution in [0.1, 0.15) is 34.5 Å². The van der Waals surface area contributed by atoms with Crippen molar-refractivity contribution >= 4 is 15.9 Å². The van der Waals surface area contributed by atoms with Crippen molar-refractivity contribution in [2.75, 3.05) is 7.05 Å². The molecule has 140 valence electrons. The largest absolute Gasteiger partial charge is 0.416 e. The lowest BCUT2D eigenvalue weighted by Gasteiger charge is -2.16. The molecule has 0 aliphatic rings. The number of carbonyl (C=O) groups excluding carboxylic acids is 1. The second-order valence-electron chi connectivity index (χ2n) is 5.55. The third-order valence-electron chi connectivity index (χ3n) is 3.76. The molecule has 1 amide bonds. The van der Waals surface area contributed by atoms with Gasteiger partial charge in [-0.2, -0.15) is 13.2 Å². The second kappa shape index (κ2) is 7.46. The van der Waals surface area contributed by atoms with Crippen LogP contribution in [0.5, 0.6) is 0 Å².